The Bertz CT molecular complexity index is 1410. The number of hydrogen-bond donors (Lipinski definition) is 1. The van der Waals surface area contributed by atoms with Crippen LogP contribution in [0.4, 0.5) is 15.8 Å². The van der Waals surface area contributed by atoms with Gasteiger partial charge in [-0.25, -0.2) is 12.8 Å². The fourth-order valence-corrected chi connectivity index (χ4v) is 5.97. The van der Waals surface area contributed by atoms with E-state index in [0.717, 1.165) is 22.5 Å². The van der Waals surface area contributed by atoms with Crippen molar-refractivity contribution in [1.82, 2.24) is 0 Å². The van der Waals surface area contributed by atoms with Gasteiger partial charge in [0.15, 0.2) is 0 Å². The predicted molar refractivity (Wildman–Crippen MR) is 131 cm³/mol. The fraction of sp³-hybridized carbons (Fsp3) is 0.231. The van der Waals surface area contributed by atoms with Gasteiger partial charge < -0.3 is 10.0 Å². The summed E-state index contributed by atoms with van der Waals surface area (Å²) in [6.07, 6.45) is 0.856. The molecule has 2 aliphatic rings. The lowest BCUT2D eigenvalue weighted by Gasteiger charge is -2.22. The highest BCUT2D eigenvalue weighted by Crippen LogP contribution is 2.41. The summed E-state index contributed by atoms with van der Waals surface area (Å²) < 4.78 is 42.1. The largest absolute Gasteiger partial charge is 0.481 e. The standard InChI is InChI=1S/C26H25FN2O4S/c1-15-11-16(2)13-19(12-15)29(4)18-5-7-20(8-6-18)34(32,33)26-22(27)9-10-23-25(26)21(14-24(30)31)17(3)28-23/h5-9,11-13H,10,14H2,1-4H3,(H,30,31). The number of benzene rings is 2. The second-order valence-electron chi connectivity index (χ2n) is 8.56. The molecule has 2 aromatic rings. The molecule has 0 fully saturated rings. The quantitative estimate of drug-likeness (QED) is 0.585. The predicted octanol–water partition coefficient (Wildman–Crippen LogP) is 5.56. The lowest BCUT2D eigenvalue weighted by atomic mass is 9.94. The smallest absolute Gasteiger partial charge is 0.307 e. The summed E-state index contributed by atoms with van der Waals surface area (Å²) in [5.74, 6) is -2.02. The Morgan fingerprint density at radius 3 is 2.26 bits per heavy atom. The van der Waals surface area contributed by atoms with Crippen LogP contribution in [0.1, 0.15) is 30.9 Å². The molecule has 0 bridgehead atoms. The number of carboxylic acid groups (broad SMARTS) is 1. The van der Waals surface area contributed by atoms with Crippen LogP contribution >= 0.6 is 0 Å². The van der Waals surface area contributed by atoms with Crippen LogP contribution in [0.25, 0.3) is 0 Å². The molecule has 0 atom stereocenters. The van der Waals surface area contributed by atoms with Gasteiger partial charge in [-0.05, 0) is 79.9 Å². The Balaban J connectivity index is 1.75. The molecule has 2 aromatic carbocycles. The monoisotopic (exact) mass is 480 g/mol. The van der Waals surface area contributed by atoms with E-state index in [9.17, 15) is 18.3 Å². The molecule has 0 radical (unpaired) electrons. The zero-order valence-corrected chi connectivity index (χ0v) is 20.2. The van der Waals surface area contributed by atoms with Crippen molar-refractivity contribution in [2.45, 2.75) is 38.5 Å². The van der Waals surface area contributed by atoms with Crippen molar-refractivity contribution in [2.24, 2.45) is 4.99 Å². The second-order valence-corrected chi connectivity index (χ2v) is 10.4. The summed E-state index contributed by atoms with van der Waals surface area (Å²) in [4.78, 5) is 17.0. The normalized spacial score (nSPS) is 15.8. The van der Waals surface area contributed by atoms with Gasteiger partial charge in [-0.3, -0.25) is 9.79 Å². The van der Waals surface area contributed by atoms with Crippen molar-refractivity contribution in [3.8, 4) is 0 Å². The topological polar surface area (TPSA) is 87.0 Å². The van der Waals surface area contributed by atoms with Crippen LogP contribution in [-0.4, -0.2) is 32.3 Å². The number of hydrogen-bond acceptors (Lipinski definition) is 5. The number of halogens is 1. The molecular formula is C26H25FN2O4S. The van der Waals surface area contributed by atoms with Gasteiger partial charge in [-0.2, -0.15) is 0 Å². The molecule has 1 aliphatic carbocycles. The summed E-state index contributed by atoms with van der Waals surface area (Å²) in [6.45, 7) is 5.63. The van der Waals surface area contributed by atoms with Gasteiger partial charge in [0.25, 0.3) is 0 Å². The molecule has 176 valence electrons. The van der Waals surface area contributed by atoms with Crippen LogP contribution in [0, 0.1) is 13.8 Å². The van der Waals surface area contributed by atoms with Gasteiger partial charge in [0.2, 0.25) is 9.84 Å². The Morgan fingerprint density at radius 2 is 1.68 bits per heavy atom. The minimum Gasteiger partial charge on any atom is -0.481 e. The van der Waals surface area contributed by atoms with E-state index >= 15 is 4.39 Å². The number of fused-ring (bicyclic) bond motifs is 1. The summed E-state index contributed by atoms with van der Waals surface area (Å²) >= 11 is 0. The zero-order valence-electron chi connectivity index (χ0n) is 19.4. The van der Waals surface area contributed by atoms with Crippen molar-refractivity contribution < 1.29 is 22.7 Å². The van der Waals surface area contributed by atoms with Crippen LogP contribution in [0.15, 0.2) is 86.0 Å². The number of sulfone groups is 1. The van der Waals surface area contributed by atoms with Gasteiger partial charge in [0.1, 0.15) is 10.7 Å². The van der Waals surface area contributed by atoms with Crippen molar-refractivity contribution in [1.29, 1.82) is 0 Å². The van der Waals surface area contributed by atoms with Gasteiger partial charge >= 0.3 is 5.97 Å². The summed E-state index contributed by atoms with van der Waals surface area (Å²) in [7, 11) is -2.38. The molecule has 0 aromatic heterocycles. The molecule has 34 heavy (non-hydrogen) atoms. The number of allylic oxidation sites excluding steroid dienone is 4. The molecular weight excluding hydrogens is 455 g/mol. The first-order chi connectivity index (χ1) is 16.0. The highest BCUT2D eigenvalue weighted by Gasteiger charge is 2.37. The van der Waals surface area contributed by atoms with Crippen molar-refractivity contribution in [3.05, 3.63) is 87.2 Å². The average molecular weight is 481 g/mol. The molecule has 8 heteroatoms. The molecule has 4 rings (SSSR count). The highest BCUT2D eigenvalue weighted by molar-refractivity contribution is 7.95. The van der Waals surface area contributed by atoms with Crippen LogP contribution < -0.4 is 4.90 Å². The fourth-order valence-electron chi connectivity index (χ4n) is 4.39. The van der Waals surface area contributed by atoms with Crippen molar-refractivity contribution >= 4 is 32.9 Å². The number of anilines is 2. The number of rotatable bonds is 6. The van der Waals surface area contributed by atoms with E-state index in [2.05, 4.69) is 11.1 Å². The lowest BCUT2D eigenvalue weighted by molar-refractivity contribution is -0.136. The van der Waals surface area contributed by atoms with Crippen molar-refractivity contribution in [2.75, 3.05) is 11.9 Å². The molecule has 0 spiro atoms. The molecule has 6 nitrogen and oxygen atoms in total. The van der Waals surface area contributed by atoms with Gasteiger partial charge in [0.05, 0.1) is 17.0 Å². The minimum absolute atomic E-state index is 0.0726. The first-order valence-electron chi connectivity index (χ1n) is 10.8. The van der Waals surface area contributed by atoms with E-state index in [-0.39, 0.29) is 22.5 Å². The molecule has 1 heterocycles. The van der Waals surface area contributed by atoms with Crippen LogP contribution in [0.5, 0.6) is 0 Å². The number of carboxylic acids is 1. The molecule has 0 saturated heterocycles. The molecule has 0 amide bonds. The first kappa shape index (κ1) is 23.6. The Labute approximate surface area is 198 Å². The maximum absolute atomic E-state index is 15.0. The molecule has 1 N–H and O–H groups in total. The summed E-state index contributed by atoms with van der Waals surface area (Å²) in [5.41, 5.74) is 5.05. The number of carbonyl (C=O) groups is 1. The molecule has 0 saturated carbocycles. The van der Waals surface area contributed by atoms with Crippen LogP contribution in [-0.2, 0) is 14.6 Å². The SMILES string of the molecule is CC1=C(CC(=O)O)C2=C(S(=O)(=O)c3ccc(N(C)c4cc(C)cc(C)c4)cc3)C(F)=CCC2=N1. The maximum atomic E-state index is 15.0. The molecule has 1 aliphatic heterocycles. The first-order valence-corrected chi connectivity index (χ1v) is 12.2. The molecule has 0 unspecified atom stereocenters. The van der Waals surface area contributed by atoms with E-state index in [1.54, 1.807) is 19.1 Å². The van der Waals surface area contributed by atoms with E-state index < -0.39 is 33.0 Å². The third kappa shape index (κ3) is 4.21. The third-order valence-electron chi connectivity index (χ3n) is 5.97. The Morgan fingerprint density at radius 1 is 1.06 bits per heavy atom. The zero-order chi connectivity index (χ0) is 24.8. The van der Waals surface area contributed by atoms with Crippen molar-refractivity contribution in [3.63, 3.8) is 0 Å². The Hall–Kier alpha value is -3.52. The van der Waals surface area contributed by atoms with Crippen LogP contribution in [0.2, 0.25) is 0 Å². The van der Waals surface area contributed by atoms with Crippen LogP contribution in [0.3, 0.4) is 0 Å². The summed E-state index contributed by atoms with van der Waals surface area (Å²) in [6, 6.07) is 12.4. The minimum atomic E-state index is -4.27. The van der Waals surface area contributed by atoms with E-state index in [0.29, 0.717) is 11.4 Å². The maximum Gasteiger partial charge on any atom is 0.307 e. The highest BCUT2D eigenvalue weighted by atomic mass is 32.2. The number of aliphatic imine (C=N–C) groups is 1. The van der Waals surface area contributed by atoms with Gasteiger partial charge in [-0.1, -0.05) is 6.07 Å². The van der Waals surface area contributed by atoms with E-state index in [4.69, 9.17) is 0 Å². The summed E-state index contributed by atoms with van der Waals surface area (Å²) in [5, 5.41) is 9.29. The Kier molecular flexibility index (Phi) is 6.03. The number of aryl methyl sites for hydroxylation is 2. The van der Waals surface area contributed by atoms with Gasteiger partial charge in [-0.15, -0.1) is 0 Å². The van der Waals surface area contributed by atoms with E-state index in [1.807, 2.05) is 37.9 Å². The van der Waals surface area contributed by atoms with E-state index in [1.165, 1.54) is 18.2 Å². The number of aliphatic carboxylic acids is 1. The van der Waals surface area contributed by atoms with Gasteiger partial charge in [0, 0.05) is 36.1 Å². The second kappa shape index (κ2) is 8.68. The average Bonchev–Trinajstić information content (AvgIpc) is 3.07. The number of nitrogens with zero attached hydrogens (tertiary/aromatic N) is 2. The third-order valence-corrected chi connectivity index (χ3v) is 7.80. The lowest BCUT2D eigenvalue weighted by Crippen LogP contribution is -2.18.